The Morgan fingerprint density at radius 3 is 2.83 bits per heavy atom. The fourth-order valence-electron chi connectivity index (χ4n) is 1.48. The number of carboxylic acids is 1. The van der Waals surface area contributed by atoms with Crippen LogP contribution in [-0.2, 0) is 6.42 Å². The Morgan fingerprint density at radius 2 is 2.11 bits per heavy atom. The van der Waals surface area contributed by atoms with E-state index in [9.17, 15) is 4.79 Å². The molecule has 2 rings (SSSR count). The van der Waals surface area contributed by atoms with Gasteiger partial charge in [-0.25, -0.2) is 9.78 Å². The van der Waals surface area contributed by atoms with Gasteiger partial charge in [-0.3, -0.25) is 4.98 Å². The van der Waals surface area contributed by atoms with E-state index in [1.807, 2.05) is 18.3 Å². The van der Waals surface area contributed by atoms with E-state index in [2.05, 4.69) is 9.97 Å². The number of nitrogens with zero attached hydrogens (tertiary/aromatic N) is 2. The normalized spacial score (nSPS) is 10.2. The van der Waals surface area contributed by atoms with Gasteiger partial charge in [-0.05, 0) is 30.2 Å². The van der Waals surface area contributed by atoms with Crippen molar-refractivity contribution in [2.45, 2.75) is 11.4 Å². The molecule has 0 radical (unpaired) electrons. The first-order valence-electron chi connectivity index (χ1n) is 5.47. The van der Waals surface area contributed by atoms with Gasteiger partial charge in [0.25, 0.3) is 0 Å². The maximum absolute atomic E-state index is 11.0. The predicted molar refractivity (Wildman–Crippen MR) is 69.9 cm³/mol. The second-order valence-electron chi connectivity index (χ2n) is 3.62. The van der Waals surface area contributed by atoms with Gasteiger partial charge in [-0.2, -0.15) is 0 Å². The van der Waals surface area contributed by atoms with E-state index in [1.165, 1.54) is 11.8 Å². The predicted octanol–water partition coefficient (Wildman–Crippen LogP) is 2.51. The van der Waals surface area contributed by atoms with Gasteiger partial charge in [0.15, 0.2) is 0 Å². The van der Waals surface area contributed by atoms with Crippen LogP contribution in [0.2, 0.25) is 0 Å². The molecule has 2 aromatic rings. The van der Waals surface area contributed by atoms with Gasteiger partial charge in [0, 0.05) is 24.3 Å². The minimum atomic E-state index is -0.938. The minimum Gasteiger partial charge on any atom is -0.478 e. The second kappa shape index (κ2) is 6.16. The SMILES string of the molecule is O=C(O)c1cccnc1SCCc1cccnc1. The Labute approximate surface area is 109 Å². The van der Waals surface area contributed by atoms with Crippen molar-refractivity contribution in [2.75, 3.05) is 5.75 Å². The van der Waals surface area contributed by atoms with E-state index in [0.717, 1.165) is 17.7 Å². The summed E-state index contributed by atoms with van der Waals surface area (Å²) in [6.45, 7) is 0. The molecule has 5 heteroatoms. The third-order valence-electron chi connectivity index (χ3n) is 2.35. The molecule has 0 aliphatic carbocycles. The van der Waals surface area contributed by atoms with Crippen LogP contribution in [0.4, 0.5) is 0 Å². The number of hydrogen-bond acceptors (Lipinski definition) is 4. The van der Waals surface area contributed by atoms with E-state index < -0.39 is 5.97 Å². The molecule has 2 aromatic heterocycles. The number of pyridine rings is 2. The molecule has 0 unspecified atom stereocenters. The maximum Gasteiger partial charge on any atom is 0.338 e. The average Bonchev–Trinajstić information content (AvgIpc) is 2.40. The number of thioether (sulfide) groups is 1. The fraction of sp³-hybridized carbons (Fsp3) is 0.154. The monoisotopic (exact) mass is 260 g/mol. The lowest BCUT2D eigenvalue weighted by Gasteiger charge is -2.04. The lowest BCUT2D eigenvalue weighted by atomic mass is 10.2. The van der Waals surface area contributed by atoms with Crippen LogP contribution in [0.15, 0.2) is 47.9 Å². The number of aromatic carboxylic acids is 1. The zero-order valence-electron chi connectivity index (χ0n) is 9.61. The molecule has 0 aliphatic rings. The van der Waals surface area contributed by atoms with Crippen LogP contribution in [0.1, 0.15) is 15.9 Å². The summed E-state index contributed by atoms with van der Waals surface area (Å²) in [5, 5.41) is 9.58. The topological polar surface area (TPSA) is 63.1 Å². The van der Waals surface area contributed by atoms with Crippen LogP contribution in [0.3, 0.4) is 0 Å². The van der Waals surface area contributed by atoms with Gasteiger partial charge in [-0.1, -0.05) is 6.07 Å². The minimum absolute atomic E-state index is 0.258. The molecular formula is C13H12N2O2S. The van der Waals surface area contributed by atoms with E-state index in [0.29, 0.717) is 5.03 Å². The van der Waals surface area contributed by atoms with Gasteiger partial charge >= 0.3 is 5.97 Å². The quantitative estimate of drug-likeness (QED) is 0.837. The van der Waals surface area contributed by atoms with Gasteiger partial charge in [0.05, 0.1) is 5.56 Å². The summed E-state index contributed by atoms with van der Waals surface area (Å²) in [5.41, 5.74) is 1.39. The Kier molecular flexibility index (Phi) is 4.30. The van der Waals surface area contributed by atoms with Crippen molar-refractivity contribution in [1.29, 1.82) is 0 Å². The highest BCUT2D eigenvalue weighted by Gasteiger charge is 2.10. The number of carboxylic acid groups (broad SMARTS) is 1. The molecule has 0 saturated heterocycles. The van der Waals surface area contributed by atoms with E-state index in [1.54, 1.807) is 24.5 Å². The standard InChI is InChI=1S/C13H12N2O2S/c16-13(17)11-4-2-7-15-12(11)18-8-5-10-3-1-6-14-9-10/h1-4,6-7,9H,5,8H2,(H,16,17). The van der Waals surface area contributed by atoms with Crippen LogP contribution in [-0.4, -0.2) is 26.8 Å². The highest BCUT2D eigenvalue weighted by atomic mass is 32.2. The molecule has 0 amide bonds. The third kappa shape index (κ3) is 3.30. The molecular weight excluding hydrogens is 248 g/mol. The first kappa shape index (κ1) is 12.6. The molecule has 92 valence electrons. The zero-order valence-corrected chi connectivity index (χ0v) is 10.4. The van der Waals surface area contributed by atoms with Gasteiger partial charge in [0.1, 0.15) is 5.03 Å². The highest BCUT2D eigenvalue weighted by Crippen LogP contribution is 2.20. The van der Waals surface area contributed by atoms with Crippen LogP contribution in [0.25, 0.3) is 0 Å². The van der Waals surface area contributed by atoms with E-state index in [4.69, 9.17) is 5.11 Å². The summed E-state index contributed by atoms with van der Waals surface area (Å²) in [5.74, 6) is -0.157. The number of rotatable bonds is 5. The van der Waals surface area contributed by atoms with Crippen molar-refractivity contribution in [2.24, 2.45) is 0 Å². The summed E-state index contributed by atoms with van der Waals surface area (Å²) in [6, 6.07) is 7.10. The maximum atomic E-state index is 11.0. The molecule has 0 fully saturated rings. The molecule has 0 aliphatic heterocycles. The smallest absolute Gasteiger partial charge is 0.338 e. The third-order valence-corrected chi connectivity index (χ3v) is 3.36. The van der Waals surface area contributed by atoms with E-state index in [-0.39, 0.29) is 5.56 Å². The number of aromatic nitrogens is 2. The summed E-state index contributed by atoms with van der Waals surface area (Å²) in [4.78, 5) is 19.1. The molecule has 0 atom stereocenters. The van der Waals surface area contributed by atoms with Crippen molar-refractivity contribution in [3.8, 4) is 0 Å². The Hall–Kier alpha value is -1.88. The van der Waals surface area contributed by atoms with Crippen molar-refractivity contribution in [1.82, 2.24) is 9.97 Å². The molecule has 1 N–H and O–H groups in total. The molecule has 0 spiro atoms. The molecule has 0 bridgehead atoms. The first-order chi connectivity index (χ1) is 8.77. The van der Waals surface area contributed by atoms with Crippen molar-refractivity contribution >= 4 is 17.7 Å². The van der Waals surface area contributed by atoms with Crippen LogP contribution < -0.4 is 0 Å². The lowest BCUT2D eigenvalue weighted by molar-refractivity contribution is 0.0692. The Morgan fingerprint density at radius 1 is 1.28 bits per heavy atom. The molecule has 0 aromatic carbocycles. The fourth-order valence-corrected chi connectivity index (χ4v) is 2.46. The molecule has 18 heavy (non-hydrogen) atoms. The first-order valence-corrected chi connectivity index (χ1v) is 6.46. The van der Waals surface area contributed by atoms with Crippen LogP contribution in [0.5, 0.6) is 0 Å². The second-order valence-corrected chi connectivity index (χ2v) is 4.70. The summed E-state index contributed by atoms with van der Waals surface area (Å²) >= 11 is 1.45. The zero-order chi connectivity index (χ0) is 12.8. The van der Waals surface area contributed by atoms with Crippen LogP contribution in [0, 0.1) is 0 Å². The van der Waals surface area contributed by atoms with Gasteiger partial charge in [-0.15, -0.1) is 11.8 Å². The van der Waals surface area contributed by atoms with Crippen molar-refractivity contribution in [3.63, 3.8) is 0 Å². The average molecular weight is 260 g/mol. The number of carbonyl (C=O) groups is 1. The summed E-state index contributed by atoms with van der Waals surface area (Å²) in [6.07, 6.45) is 6.00. The van der Waals surface area contributed by atoms with Crippen molar-refractivity contribution < 1.29 is 9.90 Å². The largest absolute Gasteiger partial charge is 0.478 e. The highest BCUT2D eigenvalue weighted by molar-refractivity contribution is 7.99. The van der Waals surface area contributed by atoms with E-state index >= 15 is 0 Å². The summed E-state index contributed by atoms with van der Waals surface area (Å²) < 4.78 is 0. The van der Waals surface area contributed by atoms with Gasteiger partial charge < -0.3 is 5.11 Å². The Bertz CT molecular complexity index is 532. The number of aryl methyl sites for hydroxylation is 1. The molecule has 4 nitrogen and oxygen atoms in total. The molecule has 0 saturated carbocycles. The van der Waals surface area contributed by atoms with Gasteiger partial charge in [0.2, 0.25) is 0 Å². The lowest BCUT2D eigenvalue weighted by Crippen LogP contribution is -2.01. The number of hydrogen-bond donors (Lipinski definition) is 1. The van der Waals surface area contributed by atoms with Crippen molar-refractivity contribution in [3.05, 3.63) is 54.0 Å². The van der Waals surface area contributed by atoms with Crippen LogP contribution >= 0.6 is 11.8 Å². The Balaban J connectivity index is 1.97. The molecule has 2 heterocycles. The summed E-state index contributed by atoms with van der Waals surface area (Å²) in [7, 11) is 0.